The van der Waals surface area contributed by atoms with E-state index in [0.29, 0.717) is 19.8 Å². The van der Waals surface area contributed by atoms with Gasteiger partial charge in [0, 0.05) is 14.2 Å². The molecule has 0 aliphatic heterocycles. The van der Waals surface area contributed by atoms with Crippen molar-refractivity contribution < 1.29 is 9.47 Å². The maximum absolute atomic E-state index is 5.15. The van der Waals surface area contributed by atoms with E-state index < -0.39 is 0 Å². The summed E-state index contributed by atoms with van der Waals surface area (Å²) >= 11 is 0. The molecule has 0 N–H and O–H groups in total. The lowest BCUT2D eigenvalue weighted by Gasteiger charge is -2.02. The molecule has 0 aliphatic rings. The molecule has 1 rings (SSSR count). The number of ether oxygens (including phenoxy) is 2. The van der Waals surface area contributed by atoms with Gasteiger partial charge in [0.05, 0.1) is 13.2 Å². The monoisotopic (exact) mass is 317 g/mol. The average Bonchev–Trinajstić information content (AvgIpc) is 2.88. The van der Waals surface area contributed by atoms with Gasteiger partial charge in [-0.3, -0.25) is 0 Å². The molecule has 5 heteroatoms. The van der Waals surface area contributed by atoms with E-state index in [1.807, 2.05) is 0 Å². The van der Waals surface area contributed by atoms with Crippen LogP contribution in [0.25, 0.3) is 0 Å². The van der Waals surface area contributed by atoms with Crippen LogP contribution in [-0.2, 0) is 22.6 Å². The summed E-state index contributed by atoms with van der Waals surface area (Å²) in [7, 11) is 3.26. The van der Waals surface area contributed by atoms with Gasteiger partial charge in [0.2, 0.25) is 0 Å². The molecule has 1 aromatic heterocycles. The Bertz CT molecular complexity index is 600. The zero-order valence-corrected chi connectivity index (χ0v) is 14.8. The van der Waals surface area contributed by atoms with E-state index in [0.717, 1.165) is 24.2 Å². The second-order valence-electron chi connectivity index (χ2n) is 5.61. The van der Waals surface area contributed by atoms with Crippen LogP contribution >= 0.6 is 0 Å². The van der Waals surface area contributed by atoms with E-state index in [2.05, 4.69) is 55.1 Å². The Morgan fingerprint density at radius 1 is 1.17 bits per heavy atom. The van der Waals surface area contributed by atoms with Gasteiger partial charge < -0.3 is 9.47 Å². The summed E-state index contributed by atoms with van der Waals surface area (Å²) in [5.74, 6) is 6.03. The largest absolute Gasteiger partial charge is 0.378 e. The minimum Gasteiger partial charge on any atom is -0.378 e. The summed E-state index contributed by atoms with van der Waals surface area (Å²) in [5, 5.41) is 8.33. The maximum Gasteiger partial charge on any atom is 0.137 e. The first-order valence-corrected chi connectivity index (χ1v) is 7.76. The highest BCUT2D eigenvalue weighted by Gasteiger charge is 2.09. The first-order valence-electron chi connectivity index (χ1n) is 7.76. The van der Waals surface area contributed by atoms with Gasteiger partial charge in [0.15, 0.2) is 0 Å². The van der Waals surface area contributed by atoms with Crippen molar-refractivity contribution in [3.8, 4) is 11.8 Å². The van der Waals surface area contributed by atoms with E-state index in [4.69, 9.17) is 9.47 Å². The predicted molar refractivity (Wildman–Crippen MR) is 91.9 cm³/mol. The first-order chi connectivity index (χ1) is 11.1. The fraction of sp³-hybridized carbons (Fsp3) is 0.556. The average molecular weight is 317 g/mol. The zero-order valence-electron chi connectivity index (χ0n) is 14.8. The number of hydrogen-bond acceptors (Lipinski definition) is 4. The zero-order chi connectivity index (χ0) is 17.1. The maximum atomic E-state index is 5.15. The molecule has 0 saturated heterocycles. The van der Waals surface area contributed by atoms with Gasteiger partial charge in [0.1, 0.15) is 18.0 Å². The SMILES string of the molecule is COCC#Cc1c(COC)nnn1C/C=C(\C)CCC=C(C)C. The highest BCUT2D eigenvalue weighted by atomic mass is 16.5. The normalized spacial score (nSPS) is 11.1. The Morgan fingerprint density at radius 3 is 2.61 bits per heavy atom. The summed E-state index contributed by atoms with van der Waals surface area (Å²) < 4.78 is 11.9. The number of rotatable bonds is 8. The molecular formula is C18H27N3O2. The molecule has 0 atom stereocenters. The van der Waals surface area contributed by atoms with Crippen molar-refractivity contribution in [3.05, 3.63) is 34.7 Å². The van der Waals surface area contributed by atoms with Crippen LogP contribution in [0.15, 0.2) is 23.3 Å². The summed E-state index contributed by atoms with van der Waals surface area (Å²) in [6, 6.07) is 0. The smallest absolute Gasteiger partial charge is 0.137 e. The van der Waals surface area contributed by atoms with Crippen molar-refractivity contribution in [3.63, 3.8) is 0 Å². The van der Waals surface area contributed by atoms with Crippen LogP contribution in [0.2, 0.25) is 0 Å². The minimum absolute atomic E-state index is 0.384. The molecule has 0 bridgehead atoms. The third-order valence-electron chi connectivity index (χ3n) is 3.21. The number of methoxy groups -OCH3 is 2. The van der Waals surface area contributed by atoms with Gasteiger partial charge in [-0.25, -0.2) is 4.68 Å². The molecule has 23 heavy (non-hydrogen) atoms. The van der Waals surface area contributed by atoms with Crippen LogP contribution < -0.4 is 0 Å². The van der Waals surface area contributed by atoms with Crippen molar-refractivity contribution in [1.82, 2.24) is 15.0 Å². The number of nitrogens with zero attached hydrogens (tertiary/aromatic N) is 3. The third kappa shape index (κ3) is 7.27. The standard InChI is InChI=1S/C18H27N3O2/c1-15(2)8-6-9-16(3)11-12-21-18(10-7-13-22-4)17(14-23-5)19-20-21/h8,11H,6,9,12-14H2,1-5H3/b16-11+. The Morgan fingerprint density at radius 2 is 1.96 bits per heavy atom. The van der Waals surface area contributed by atoms with Gasteiger partial charge >= 0.3 is 0 Å². The highest BCUT2D eigenvalue weighted by Crippen LogP contribution is 2.09. The fourth-order valence-electron chi connectivity index (χ4n) is 1.97. The van der Waals surface area contributed by atoms with Crippen molar-refractivity contribution in [2.24, 2.45) is 0 Å². The predicted octanol–water partition coefficient (Wildman–Crippen LogP) is 3.12. The molecule has 0 saturated carbocycles. The Kier molecular flexibility index (Phi) is 8.96. The number of aromatic nitrogens is 3. The number of hydrogen-bond donors (Lipinski definition) is 0. The Hall–Kier alpha value is -1.90. The molecule has 1 aromatic rings. The van der Waals surface area contributed by atoms with Gasteiger partial charge in [-0.05, 0) is 39.5 Å². The molecule has 0 aromatic carbocycles. The molecule has 0 unspecified atom stereocenters. The lowest BCUT2D eigenvalue weighted by Crippen LogP contribution is -2.03. The van der Waals surface area contributed by atoms with Gasteiger partial charge in [-0.15, -0.1) is 5.10 Å². The van der Waals surface area contributed by atoms with Crippen molar-refractivity contribution >= 4 is 0 Å². The van der Waals surface area contributed by atoms with E-state index in [9.17, 15) is 0 Å². The quantitative estimate of drug-likeness (QED) is 0.546. The van der Waals surface area contributed by atoms with E-state index in [-0.39, 0.29) is 0 Å². The van der Waals surface area contributed by atoms with Crippen molar-refractivity contribution in [1.29, 1.82) is 0 Å². The summed E-state index contributed by atoms with van der Waals surface area (Å²) in [6.07, 6.45) is 6.55. The molecule has 0 radical (unpaired) electrons. The third-order valence-corrected chi connectivity index (χ3v) is 3.21. The molecule has 0 spiro atoms. The van der Waals surface area contributed by atoms with Crippen LogP contribution in [0.5, 0.6) is 0 Å². The first kappa shape index (κ1) is 19.1. The van der Waals surface area contributed by atoms with Crippen LogP contribution in [0.3, 0.4) is 0 Å². The lowest BCUT2D eigenvalue weighted by molar-refractivity contribution is 0.181. The van der Waals surface area contributed by atoms with Crippen molar-refractivity contribution in [2.75, 3.05) is 20.8 Å². The van der Waals surface area contributed by atoms with Gasteiger partial charge in [-0.1, -0.05) is 34.4 Å². The van der Waals surface area contributed by atoms with Crippen LogP contribution in [0.4, 0.5) is 0 Å². The fourth-order valence-corrected chi connectivity index (χ4v) is 1.97. The molecule has 5 nitrogen and oxygen atoms in total. The Labute approximate surface area is 139 Å². The van der Waals surface area contributed by atoms with E-state index in [1.165, 1.54) is 11.1 Å². The second-order valence-corrected chi connectivity index (χ2v) is 5.61. The molecule has 0 fully saturated rings. The highest BCUT2D eigenvalue weighted by molar-refractivity contribution is 5.31. The van der Waals surface area contributed by atoms with E-state index in [1.54, 1.807) is 18.9 Å². The van der Waals surface area contributed by atoms with E-state index >= 15 is 0 Å². The summed E-state index contributed by atoms with van der Waals surface area (Å²) in [6.45, 7) is 7.83. The van der Waals surface area contributed by atoms with Crippen LogP contribution in [-0.4, -0.2) is 35.8 Å². The number of allylic oxidation sites excluding steroid dienone is 4. The molecule has 0 aliphatic carbocycles. The van der Waals surface area contributed by atoms with Crippen molar-refractivity contribution in [2.45, 2.75) is 46.8 Å². The summed E-state index contributed by atoms with van der Waals surface area (Å²) in [5.41, 5.74) is 4.24. The second kappa shape index (κ2) is 10.8. The van der Waals surface area contributed by atoms with Crippen LogP contribution in [0.1, 0.15) is 45.0 Å². The van der Waals surface area contributed by atoms with Gasteiger partial charge in [-0.2, -0.15) is 0 Å². The molecular weight excluding hydrogens is 290 g/mol. The topological polar surface area (TPSA) is 49.2 Å². The lowest BCUT2D eigenvalue weighted by atomic mass is 10.1. The molecule has 0 amide bonds. The molecule has 126 valence electrons. The van der Waals surface area contributed by atoms with Crippen LogP contribution in [0, 0.1) is 11.8 Å². The molecule has 1 heterocycles. The summed E-state index contributed by atoms with van der Waals surface area (Å²) in [4.78, 5) is 0. The Balaban J connectivity index is 2.79. The van der Waals surface area contributed by atoms with Gasteiger partial charge in [0.25, 0.3) is 0 Å². The minimum atomic E-state index is 0.384.